The van der Waals surface area contributed by atoms with E-state index in [1.807, 2.05) is 60.7 Å². The molecule has 0 aliphatic carbocycles. The summed E-state index contributed by atoms with van der Waals surface area (Å²) in [6.07, 6.45) is 3.99. The van der Waals surface area contributed by atoms with E-state index in [1.165, 1.54) is 11.8 Å². The van der Waals surface area contributed by atoms with Crippen molar-refractivity contribution in [3.05, 3.63) is 111 Å². The van der Waals surface area contributed by atoms with Gasteiger partial charge < -0.3 is 4.57 Å². The first-order valence-corrected chi connectivity index (χ1v) is 12.3. The number of carbonyl (C=O) groups excluding carboxylic acids is 1. The van der Waals surface area contributed by atoms with E-state index in [0.717, 1.165) is 27.6 Å². The van der Waals surface area contributed by atoms with E-state index in [0.29, 0.717) is 32.4 Å². The number of aromatic nitrogens is 1. The van der Waals surface area contributed by atoms with Crippen LogP contribution < -0.4 is 0 Å². The van der Waals surface area contributed by atoms with E-state index >= 15 is 0 Å². The van der Waals surface area contributed by atoms with E-state index in [-0.39, 0.29) is 5.91 Å². The van der Waals surface area contributed by atoms with Gasteiger partial charge >= 0.3 is 0 Å². The molecule has 3 nitrogen and oxygen atoms in total. The first-order valence-electron chi connectivity index (χ1n) is 10.3. The van der Waals surface area contributed by atoms with Crippen LogP contribution in [0.15, 0.2) is 83.9 Å². The molecule has 2 heterocycles. The van der Waals surface area contributed by atoms with Crippen LogP contribution in [-0.4, -0.2) is 19.7 Å². The standard InChI is InChI=1S/C26H18Cl2N2OS2/c27-20-11-10-18(22(28)13-20)15-29-16-19(21-8-4-5-9-23(21)29)12-24-25(31)30(26(32)33-24)14-17-6-2-1-3-7-17/h1-13,16H,14-15H2/b24-12+. The Morgan fingerprint density at radius 1 is 0.939 bits per heavy atom. The molecule has 3 aromatic carbocycles. The van der Waals surface area contributed by atoms with Crippen molar-refractivity contribution in [3.8, 4) is 0 Å². The largest absolute Gasteiger partial charge is 0.342 e. The number of thiocarbonyl (C=S) groups is 1. The fourth-order valence-corrected chi connectivity index (χ4v) is 5.61. The average molecular weight is 509 g/mol. The van der Waals surface area contributed by atoms with Crippen molar-refractivity contribution in [2.24, 2.45) is 0 Å². The Hall–Kier alpha value is -2.57. The fourth-order valence-electron chi connectivity index (χ4n) is 3.90. The van der Waals surface area contributed by atoms with Crippen LogP contribution in [0.3, 0.4) is 0 Å². The molecule has 0 radical (unpaired) electrons. The van der Waals surface area contributed by atoms with Gasteiger partial charge in [0.25, 0.3) is 5.91 Å². The van der Waals surface area contributed by atoms with Crippen LogP contribution in [0.1, 0.15) is 16.7 Å². The Morgan fingerprint density at radius 2 is 1.70 bits per heavy atom. The predicted octanol–water partition coefficient (Wildman–Crippen LogP) is 7.40. The summed E-state index contributed by atoms with van der Waals surface area (Å²) >= 11 is 19.3. The van der Waals surface area contributed by atoms with Crippen molar-refractivity contribution in [3.63, 3.8) is 0 Å². The second kappa shape index (κ2) is 9.35. The van der Waals surface area contributed by atoms with Gasteiger partial charge in [-0.1, -0.05) is 102 Å². The van der Waals surface area contributed by atoms with Crippen LogP contribution in [0.5, 0.6) is 0 Å². The summed E-state index contributed by atoms with van der Waals surface area (Å²) in [5, 5.41) is 2.30. The number of fused-ring (bicyclic) bond motifs is 1. The number of nitrogens with zero attached hydrogens (tertiary/aromatic N) is 2. The van der Waals surface area contributed by atoms with E-state index in [9.17, 15) is 4.79 Å². The van der Waals surface area contributed by atoms with Gasteiger partial charge in [-0.3, -0.25) is 9.69 Å². The molecule has 0 saturated carbocycles. The minimum Gasteiger partial charge on any atom is -0.342 e. The number of benzene rings is 3. The molecule has 1 amide bonds. The van der Waals surface area contributed by atoms with Gasteiger partial charge in [0.05, 0.1) is 11.4 Å². The van der Waals surface area contributed by atoms with Gasteiger partial charge in [0.15, 0.2) is 0 Å². The second-order valence-corrected chi connectivity index (χ2v) is 10.2. The number of halogens is 2. The fraction of sp³-hybridized carbons (Fsp3) is 0.0769. The number of rotatable bonds is 5. The zero-order chi connectivity index (χ0) is 22.9. The molecule has 4 aromatic rings. The molecule has 1 aliphatic heterocycles. The molecule has 0 unspecified atom stereocenters. The van der Waals surface area contributed by atoms with Crippen molar-refractivity contribution in [2.75, 3.05) is 0 Å². The topological polar surface area (TPSA) is 25.2 Å². The van der Waals surface area contributed by atoms with E-state index in [1.54, 1.807) is 11.0 Å². The average Bonchev–Trinajstić information content (AvgIpc) is 3.28. The summed E-state index contributed by atoms with van der Waals surface area (Å²) < 4.78 is 2.72. The highest BCUT2D eigenvalue weighted by Crippen LogP contribution is 2.35. The van der Waals surface area contributed by atoms with Crippen molar-refractivity contribution >= 4 is 74.4 Å². The van der Waals surface area contributed by atoms with Gasteiger partial charge in [0.1, 0.15) is 4.32 Å². The molecule has 33 heavy (non-hydrogen) atoms. The van der Waals surface area contributed by atoms with Gasteiger partial charge in [-0.2, -0.15) is 0 Å². The molecule has 0 bridgehead atoms. The lowest BCUT2D eigenvalue weighted by molar-refractivity contribution is -0.122. The number of carbonyl (C=O) groups is 1. The Morgan fingerprint density at radius 3 is 2.48 bits per heavy atom. The maximum absolute atomic E-state index is 13.1. The molecule has 5 rings (SSSR count). The van der Waals surface area contributed by atoms with Gasteiger partial charge in [-0.25, -0.2) is 0 Å². The molecule has 0 N–H and O–H groups in total. The zero-order valence-corrected chi connectivity index (χ0v) is 20.5. The van der Waals surface area contributed by atoms with Crippen LogP contribution in [0.4, 0.5) is 0 Å². The maximum atomic E-state index is 13.1. The number of amides is 1. The molecule has 164 valence electrons. The lowest BCUT2D eigenvalue weighted by atomic mass is 10.1. The van der Waals surface area contributed by atoms with Gasteiger partial charge in [-0.15, -0.1) is 0 Å². The third kappa shape index (κ3) is 4.59. The molecule has 7 heteroatoms. The summed E-state index contributed by atoms with van der Waals surface area (Å²) in [7, 11) is 0. The smallest absolute Gasteiger partial charge is 0.266 e. The highest BCUT2D eigenvalue weighted by atomic mass is 35.5. The highest BCUT2D eigenvalue weighted by molar-refractivity contribution is 8.26. The van der Waals surface area contributed by atoms with E-state index < -0.39 is 0 Å². The normalized spacial score (nSPS) is 15.2. The van der Waals surface area contributed by atoms with Crippen LogP contribution in [-0.2, 0) is 17.9 Å². The maximum Gasteiger partial charge on any atom is 0.266 e. The van der Waals surface area contributed by atoms with E-state index in [2.05, 4.69) is 22.9 Å². The Labute approximate surface area is 211 Å². The number of hydrogen-bond acceptors (Lipinski definition) is 3. The van der Waals surface area contributed by atoms with Crippen LogP contribution in [0, 0.1) is 0 Å². The summed E-state index contributed by atoms with van der Waals surface area (Å²) in [6.45, 7) is 1.07. The Bertz CT molecular complexity index is 1410. The quantitative estimate of drug-likeness (QED) is 0.207. The van der Waals surface area contributed by atoms with Crippen molar-refractivity contribution < 1.29 is 4.79 Å². The van der Waals surface area contributed by atoms with Crippen molar-refractivity contribution in [2.45, 2.75) is 13.1 Å². The third-order valence-electron chi connectivity index (χ3n) is 5.52. The molecular weight excluding hydrogens is 491 g/mol. The molecule has 1 aromatic heterocycles. The second-order valence-electron chi connectivity index (χ2n) is 7.72. The molecule has 1 saturated heterocycles. The first kappa shape index (κ1) is 22.2. The van der Waals surface area contributed by atoms with Crippen molar-refractivity contribution in [1.29, 1.82) is 0 Å². The Balaban J connectivity index is 1.48. The van der Waals surface area contributed by atoms with Crippen molar-refractivity contribution in [1.82, 2.24) is 9.47 Å². The summed E-state index contributed by atoms with van der Waals surface area (Å²) in [5.74, 6) is -0.0635. The molecule has 1 fully saturated rings. The van der Waals surface area contributed by atoms with Gasteiger partial charge in [0, 0.05) is 39.3 Å². The summed E-state index contributed by atoms with van der Waals surface area (Å²) in [5.41, 5.74) is 4.06. The third-order valence-corrected chi connectivity index (χ3v) is 7.48. The molecule has 0 spiro atoms. The lowest BCUT2D eigenvalue weighted by Crippen LogP contribution is -2.27. The summed E-state index contributed by atoms with van der Waals surface area (Å²) in [6, 6.07) is 23.5. The first-order chi connectivity index (χ1) is 16.0. The van der Waals surface area contributed by atoms with Crippen LogP contribution in [0.2, 0.25) is 10.0 Å². The van der Waals surface area contributed by atoms with Gasteiger partial charge in [-0.05, 0) is 35.4 Å². The van der Waals surface area contributed by atoms with Crippen LogP contribution in [0.25, 0.3) is 17.0 Å². The minimum absolute atomic E-state index is 0.0635. The predicted molar refractivity (Wildman–Crippen MR) is 143 cm³/mol. The summed E-state index contributed by atoms with van der Waals surface area (Å²) in [4.78, 5) is 15.4. The van der Waals surface area contributed by atoms with E-state index in [4.69, 9.17) is 35.4 Å². The van der Waals surface area contributed by atoms with Gasteiger partial charge in [0.2, 0.25) is 0 Å². The number of hydrogen-bond donors (Lipinski definition) is 0. The number of para-hydroxylation sites is 1. The minimum atomic E-state index is -0.0635. The molecular formula is C26H18Cl2N2OS2. The highest BCUT2D eigenvalue weighted by Gasteiger charge is 2.32. The van der Waals surface area contributed by atoms with Crippen LogP contribution >= 0.6 is 47.2 Å². The SMILES string of the molecule is O=C1/C(=C\c2cn(Cc3ccc(Cl)cc3Cl)c3ccccc23)SC(=S)N1Cc1ccccc1. The molecule has 0 atom stereocenters. The Kier molecular flexibility index (Phi) is 6.30. The number of thioether (sulfide) groups is 1. The lowest BCUT2D eigenvalue weighted by Gasteiger charge is -2.14. The monoisotopic (exact) mass is 508 g/mol. The molecule has 1 aliphatic rings. The zero-order valence-electron chi connectivity index (χ0n) is 17.4.